The molecule has 38 heavy (non-hydrogen) atoms. The lowest BCUT2D eigenvalue weighted by atomic mass is 10.1. The molecule has 1 amide bonds. The van der Waals surface area contributed by atoms with Crippen LogP contribution in [-0.2, 0) is 32.3 Å². The van der Waals surface area contributed by atoms with Crippen LogP contribution in [-0.4, -0.2) is 43.6 Å². The van der Waals surface area contributed by atoms with Crippen LogP contribution in [0.2, 0.25) is 0 Å². The lowest BCUT2D eigenvalue weighted by Crippen LogP contribution is -2.42. The van der Waals surface area contributed by atoms with Crippen molar-refractivity contribution in [2.24, 2.45) is 0 Å². The van der Waals surface area contributed by atoms with Crippen LogP contribution < -0.4 is 0 Å². The summed E-state index contributed by atoms with van der Waals surface area (Å²) in [6, 6.07) is 21.8. The van der Waals surface area contributed by atoms with E-state index in [1.54, 1.807) is 36.1 Å². The molecule has 0 aliphatic rings. The molecule has 0 saturated carbocycles. The SMILES string of the molecule is CCOC(=O)c1ccc(S(=O)(=O)c2ccc(CC(C)N(Cc3ccccc3)C(=O)OC(C)(C)C)cc2)cc1. The van der Waals surface area contributed by atoms with E-state index in [-0.39, 0.29) is 22.4 Å². The van der Waals surface area contributed by atoms with Crippen LogP contribution in [0.25, 0.3) is 0 Å². The Morgan fingerprint density at radius 2 is 1.39 bits per heavy atom. The Bertz CT molecular complexity index is 1330. The van der Waals surface area contributed by atoms with Crippen molar-refractivity contribution < 1.29 is 27.5 Å². The first-order valence-corrected chi connectivity index (χ1v) is 14.0. The lowest BCUT2D eigenvalue weighted by Gasteiger charge is -2.32. The Labute approximate surface area is 225 Å². The molecule has 0 aromatic heterocycles. The van der Waals surface area contributed by atoms with Crippen molar-refractivity contribution in [3.8, 4) is 0 Å². The number of rotatable bonds is 9. The third-order valence-corrected chi connectivity index (χ3v) is 7.58. The minimum absolute atomic E-state index is 0.0885. The van der Waals surface area contributed by atoms with E-state index in [0.717, 1.165) is 11.1 Å². The van der Waals surface area contributed by atoms with E-state index in [1.807, 2.05) is 58.0 Å². The molecular weight excluding hydrogens is 502 g/mol. The molecule has 0 aliphatic carbocycles. The van der Waals surface area contributed by atoms with Gasteiger partial charge < -0.3 is 14.4 Å². The predicted octanol–water partition coefficient (Wildman–Crippen LogP) is 6.06. The van der Waals surface area contributed by atoms with Gasteiger partial charge in [0.2, 0.25) is 9.84 Å². The average molecular weight is 538 g/mol. The number of carbonyl (C=O) groups is 2. The average Bonchev–Trinajstić information content (AvgIpc) is 2.87. The quantitative estimate of drug-likeness (QED) is 0.308. The van der Waals surface area contributed by atoms with Crippen molar-refractivity contribution in [3.63, 3.8) is 0 Å². The van der Waals surface area contributed by atoms with E-state index in [4.69, 9.17) is 9.47 Å². The summed E-state index contributed by atoms with van der Waals surface area (Å²) in [6.45, 7) is 9.79. The third-order valence-electron chi connectivity index (χ3n) is 5.80. The minimum Gasteiger partial charge on any atom is -0.462 e. The van der Waals surface area contributed by atoms with Gasteiger partial charge in [-0.1, -0.05) is 42.5 Å². The molecule has 8 heteroatoms. The van der Waals surface area contributed by atoms with Gasteiger partial charge in [-0.25, -0.2) is 18.0 Å². The molecule has 0 aliphatic heterocycles. The maximum Gasteiger partial charge on any atom is 0.410 e. The lowest BCUT2D eigenvalue weighted by molar-refractivity contribution is 0.0156. The van der Waals surface area contributed by atoms with Gasteiger partial charge in [-0.2, -0.15) is 0 Å². The van der Waals surface area contributed by atoms with E-state index in [0.29, 0.717) is 18.5 Å². The topological polar surface area (TPSA) is 90.0 Å². The fourth-order valence-electron chi connectivity index (χ4n) is 3.88. The van der Waals surface area contributed by atoms with Crippen LogP contribution in [0.4, 0.5) is 4.79 Å². The van der Waals surface area contributed by atoms with E-state index < -0.39 is 27.5 Å². The molecule has 3 aromatic carbocycles. The molecule has 3 rings (SSSR count). The van der Waals surface area contributed by atoms with Crippen molar-refractivity contribution in [3.05, 3.63) is 95.6 Å². The second-order valence-corrected chi connectivity index (χ2v) is 12.0. The molecule has 0 fully saturated rings. The molecule has 1 unspecified atom stereocenters. The summed E-state index contributed by atoms with van der Waals surface area (Å²) in [5.41, 5.74) is 1.53. The summed E-state index contributed by atoms with van der Waals surface area (Å²) in [7, 11) is -3.77. The van der Waals surface area contributed by atoms with E-state index in [2.05, 4.69) is 0 Å². The van der Waals surface area contributed by atoms with Gasteiger partial charge in [-0.05, 0) is 88.6 Å². The monoisotopic (exact) mass is 537 g/mol. The van der Waals surface area contributed by atoms with Gasteiger partial charge in [0.25, 0.3) is 0 Å². The highest BCUT2D eigenvalue weighted by molar-refractivity contribution is 7.91. The fraction of sp³-hybridized carbons (Fsp3) is 0.333. The van der Waals surface area contributed by atoms with Crippen LogP contribution >= 0.6 is 0 Å². The van der Waals surface area contributed by atoms with E-state index >= 15 is 0 Å². The molecular formula is C30H35NO6S. The summed E-state index contributed by atoms with van der Waals surface area (Å²) in [5, 5.41) is 0. The molecule has 1 atom stereocenters. The normalized spacial score (nSPS) is 12.4. The highest BCUT2D eigenvalue weighted by Crippen LogP contribution is 2.23. The Hall–Kier alpha value is -3.65. The second kappa shape index (κ2) is 12.3. The number of esters is 1. The van der Waals surface area contributed by atoms with Gasteiger partial charge in [0, 0.05) is 12.6 Å². The Balaban J connectivity index is 1.76. The highest BCUT2D eigenvalue weighted by Gasteiger charge is 2.27. The zero-order valence-corrected chi connectivity index (χ0v) is 23.3. The summed E-state index contributed by atoms with van der Waals surface area (Å²) in [4.78, 5) is 26.8. The number of hydrogen-bond acceptors (Lipinski definition) is 6. The summed E-state index contributed by atoms with van der Waals surface area (Å²) in [5.74, 6) is -0.498. The summed E-state index contributed by atoms with van der Waals surface area (Å²) in [6.07, 6.45) is 0.111. The molecule has 202 valence electrons. The molecule has 0 spiro atoms. The Kier molecular flexibility index (Phi) is 9.33. The number of ether oxygens (including phenoxy) is 2. The van der Waals surface area contributed by atoms with Gasteiger partial charge in [-0.3, -0.25) is 0 Å². The number of carbonyl (C=O) groups excluding carboxylic acids is 2. The standard InChI is InChI=1S/C30H35NO6S/c1-6-36-28(32)25-14-18-27(19-15-25)38(34,35)26-16-12-23(13-17-26)20-22(2)31(29(33)37-30(3,4)5)21-24-10-8-7-9-11-24/h7-19,22H,6,20-21H2,1-5H3. The van der Waals surface area contributed by atoms with Crippen LogP contribution in [0.5, 0.6) is 0 Å². The zero-order chi connectivity index (χ0) is 27.9. The number of benzene rings is 3. The molecule has 0 heterocycles. The van der Waals surface area contributed by atoms with Crippen LogP contribution in [0.3, 0.4) is 0 Å². The first-order valence-electron chi connectivity index (χ1n) is 12.6. The Morgan fingerprint density at radius 3 is 1.92 bits per heavy atom. The fourth-order valence-corrected chi connectivity index (χ4v) is 5.14. The second-order valence-electron chi connectivity index (χ2n) is 10.0. The largest absolute Gasteiger partial charge is 0.462 e. The van der Waals surface area contributed by atoms with E-state index in [1.165, 1.54) is 24.3 Å². The van der Waals surface area contributed by atoms with Gasteiger partial charge in [0.05, 0.1) is 22.0 Å². The molecule has 3 aromatic rings. The smallest absolute Gasteiger partial charge is 0.410 e. The molecule has 0 bridgehead atoms. The first-order chi connectivity index (χ1) is 17.9. The third kappa shape index (κ3) is 7.68. The van der Waals surface area contributed by atoms with Crippen LogP contribution in [0, 0.1) is 0 Å². The predicted molar refractivity (Wildman–Crippen MR) is 146 cm³/mol. The van der Waals surface area contributed by atoms with Crippen molar-refractivity contribution in [1.29, 1.82) is 0 Å². The minimum atomic E-state index is -3.77. The first kappa shape index (κ1) is 28.9. The van der Waals surface area contributed by atoms with Crippen molar-refractivity contribution in [2.75, 3.05) is 6.61 Å². The van der Waals surface area contributed by atoms with Crippen molar-refractivity contribution >= 4 is 21.9 Å². The molecule has 0 radical (unpaired) electrons. The number of nitrogens with zero attached hydrogens (tertiary/aromatic N) is 1. The number of sulfone groups is 1. The summed E-state index contributed by atoms with van der Waals surface area (Å²) >= 11 is 0. The number of hydrogen-bond donors (Lipinski definition) is 0. The van der Waals surface area contributed by atoms with Crippen molar-refractivity contribution in [1.82, 2.24) is 4.90 Å². The number of amides is 1. The maximum absolute atomic E-state index is 13.1. The van der Waals surface area contributed by atoms with Gasteiger partial charge in [-0.15, -0.1) is 0 Å². The molecule has 7 nitrogen and oxygen atoms in total. The van der Waals surface area contributed by atoms with Gasteiger partial charge >= 0.3 is 12.1 Å². The zero-order valence-electron chi connectivity index (χ0n) is 22.5. The van der Waals surface area contributed by atoms with Gasteiger partial charge in [0.15, 0.2) is 0 Å². The summed E-state index contributed by atoms with van der Waals surface area (Å²) < 4.78 is 36.9. The maximum atomic E-state index is 13.1. The molecule has 0 N–H and O–H groups in total. The van der Waals surface area contributed by atoms with Gasteiger partial charge in [0.1, 0.15) is 5.60 Å². The molecule has 0 saturated heterocycles. The highest BCUT2D eigenvalue weighted by atomic mass is 32.2. The van der Waals surface area contributed by atoms with E-state index in [9.17, 15) is 18.0 Å². The van der Waals surface area contributed by atoms with Crippen LogP contribution in [0.1, 0.15) is 56.1 Å². The Morgan fingerprint density at radius 1 is 0.842 bits per heavy atom. The van der Waals surface area contributed by atoms with Crippen molar-refractivity contribution in [2.45, 2.75) is 69.0 Å². The van der Waals surface area contributed by atoms with Crippen LogP contribution in [0.15, 0.2) is 88.7 Å².